The lowest BCUT2D eigenvalue weighted by atomic mass is 9.86. The number of rotatable bonds is 7. The zero-order valence-electron chi connectivity index (χ0n) is 21.5. The minimum atomic E-state index is -4.76. The number of hydrogen-bond acceptors (Lipinski definition) is 8. The molecule has 0 amide bonds. The van der Waals surface area contributed by atoms with Crippen molar-refractivity contribution in [1.29, 1.82) is 5.26 Å². The second-order valence-corrected chi connectivity index (χ2v) is 12.1. The zero-order chi connectivity index (χ0) is 27.8. The Morgan fingerprint density at radius 3 is 2.46 bits per heavy atom. The van der Waals surface area contributed by atoms with E-state index in [1.807, 2.05) is 24.8 Å². The summed E-state index contributed by atoms with van der Waals surface area (Å²) >= 11 is 0. The first-order chi connectivity index (χ1) is 17.1. The Morgan fingerprint density at radius 1 is 1.24 bits per heavy atom. The van der Waals surface area contributed by atoms with Crippen LogP contribution in [0.25, 0.3) is 0 Å². The zero-order valence-corrected chi connectivity index (χ0v) is 22.4. The van der Waals surface area contributed by atoms with Gasteiger partial charge in [-0.05, 0) is 43.9 Å². The number of anilines is 2. The topological polar surface area (TPSA) is 110 Å². The number of hydrogen-bond donors (Lipinski definition) is 1. The average Bonchev–Trinajstić information content (AvgIpc) is 2.82. The lowest BCUT2D eigenvalue weighted by molar-refractivity contribution is -0.142. The Hall–Kier alpha value is -2.91. The summed E-state index contributed by atoms with van der Waals surface area (Å²) in [7, 11) is -3.54. The number of sulfone groups is 1. The highest BCUT2D eigenvalue weighted by molar-refractivity contribution is 7.90. The van der Waals surface area contributed by atoms with Crippen LogP contribution >= 0.6 is 0 Å². The summed E-state index contributed by atoms with van der Waals surface area (Å²) < 4.78 is 66.5. The molecule has 0 bridgehead atoms. The first-order valence-electron chi connectivity index (χ1n) is 11.9. The minimum Gasteiger partial charge on any atom is -0.396 e. The van der Waals surface area contributed by atoms with Crippen molar-refractivity contribution in [2.75, 3.05) is 42.3 Å². The number of alkyl halides is 3. The normalized spacial score (nSPS) is 17.3. The molecule has 0 unspecified atom stereocenters. The largest absolute Gasteiger partial charge is 0.433 e. The van der Waals surface area contributed by atoms with Gasteiger partial charge in [0.25, 0.3) is 0 Å². The molecule has 12 heteroatoms. The van der Waals surface area contributed by atoms with Crippen molar-refractivity contribution in [1.82, 2.24) is 9.97 Å². The molecule has 0 spiro atoms. The second kappa shape index (κ2) is 10.5. The van der Waals surface area contributed by atoms with Gasteiger partial charge in [0, 0.05) is 49.9 Å². The summed E-state index contributed by atoms with van der Waals surface area (Å²) in [6.07, 6.45) is -2.33. The van der Waals surface area contributed by atoms with Gasteiger partial charge in [-0.15, -0.1) is 0 Å². The average molecular weight is 540 g/mol. The van der Waals surface area contributed by atoms with Crippen molar-refractivity contribution in [2.24, 2.45) is 5.92 Å². The first-order valence-corrected chi connectivity index (χ1v) is 13.8. The van der Waals surface area contributed by atoms with E-state index in [4.69, 9.17) is 0 Å². The number of benzene rings is 1. The standard InChI is InChI=1S/C25H32F3N5O3S/c1-16(2)20-14-32(18-7-6-17(8-11-34)21(12-18)37(5,35)36)9-10-33(20)23-30-13-19(24(3,4)15-29)22(31-23)25(26,27)28/h6-7,12-13,16,20,34H,8-11,14H2,1-5H3/t20-/m0/s1. The summed E-state index contributed by atoms with van der Waals surface area (Å²) in [5.74, 6) is -0.0442. The fraction of sp³-hybridized carbons (Fsp3) is 0.560. The molecule has 1 aliphatic rings. The fourth-order valence-corrected chi connectivity index (χ4v) is 5.50. The van der Waals surface area contributed by atoms with Crippen molar-refractivity contribution in [3.05, 3.63) is 41.2 Å². The van der Waals surface area contributed by atoms with Gasteiger partial charge in [0.05, 0.1) is 22.4 Å². The molecule has 1 aliphatic heterocycles. The van der Waals surface area contributed by atoms with Gasteiger partial charge >= 0.3 is 6.18 Å². The number of halogens is 3. The van der Waals surface area contributed by atoms with Gasteiger partial charge in [0.2, 0.25) is 5.95 Å². The Balaban J connectivity index is 1.98. The third-order valence-electron chi connectivity index (χ3n) is 6.64. The SMILES string of the molecule is CC(C)[C@@H]1CN(c2ccc(CCO)c(S(C)(=O)=O)c2)CCN1c1ncc(C(C)(C)C#N)c(C(F)(F)F)n1. The summed E-state index contributed by atoms with van der Waals surface area (Å²) in [4.78, 5) is 12.0. The molecule has 0 radical (unpaired) electrons. The van der Waals surface area contributed by atoms with E-state index in [0.29, 0.717) is 30.9 Å². The lowest BCUT2D eigenvalue weighted by Crippen LogP contribution is -2.56. The molecule has 2 aromatic rings. The van der Waals surface area contributed by atoms with Crippen LogP contribution in [0.4, 0.5) is 24.8 Å². The van der Waals surface area contributed by atoms with Crippen LogP contribution in [0.15, 0.2) is 29.3 Å². The first kappa shape index (κ1) is 28.7. The van der Waals surface area contributed by atoms with Crippen LogP contribution < -0.4 is 9.80 Å². The van der Waals surface area contributed by atoms with Gasteiger partial charge in [-0.3, -0.25) is 0 Å². The van der Waals surface area contributed by atoms with Crippen LogP contribution in [-0.2, 0) is 27.8 Å². The molecule has 8 nitrogen and oxygen atoms in total. The molecule has 202 valence electrons. The van der Waals surface area contributed by atoms with Crippen LogP contribution in [0, 0.1) is 17.2 Å². The third kappa shape index (κ3) is 6.15. The Bertz CT molecular complexity index is 1290. The molecule has 1 aromatic carbocycles. The van der Waals surface area contributed by atoms with Crippen LogP contribution in [0.5, 0.6) is 0 Å². The number of nitriles is 1. The minimum absolute atomic E-state index is 0.0130. The summed E-state index contributed by atoms with van der Waals surface area (Å²) in [6, 6.07) is 6.70. The predicted molar refractivity (Wildman–Crippen MR) is 134 cm³/mol. The van der Waals surface area contributed by atoms with E-state index in [1.165, 1.54) is 13.8 Å². The molecule has 3 rings (SSSR count). The van der Waals surface area contributed by atoms with Gasteiger partial charge in [0.15, 0.2) is 15.5 Å². The maximum absolute atomic E-state index is 13.9. The van der Waals surface area contributed by atoms with E-state index < -0.39 is 27.1 Å². The maximum atomic E-state index is 13.9. The van der Waals surface area contributed by atoms with E-state index in [0.717, 1.165) is 12.5 Å². The van der Waals surface area contributed by atoms with Crippen molar-refractivity contribution >= 4 is 21.5 Å². The second-order valence-electron chi connectivity index (χ2n) is 10.2. The lowest BCUT2D eigenvalue weighted by Gasteiger charge is -2.44. The van der Waals surface area contributed by atoms with Crippen molar-refractivity contribution in [2.45, 2.75) is 56.6 Å². The van der Waals surface area contributed by atoms with E-state index in [-0.39, 0.29) is 41.4 Å². The molecule has 2 heterocycles. The van der Waals surface area contributed by atoms with E-state index in [2.05, 4.69) is 9.97 Å². The van der Waals surface area contributed by atoms with Crippen LogP contribution in [0.3, 0.4) is 0 Å². The molecule has 0 aliphatic carbocycles. The van der Waals surface area contributed by atoms with E-state index >= 15 is 0 Å². The predicted octanol–water partition coefficient (Wildman–Crippen LogP) is 3.59. The molecule has 1 N–H and O–H groups in total. The van der Waals surface area contributed by atoms with E-state index in [1.54, 1.807) is 23.1 Å². The number of nitrogens with zero attached hydrogens (tertiary/aromatic N) is 5. The molecule has 1 fully saturated rings. The van der Waals surface area contributed by atoms with Crippen LogP contribution in [0.1, 0.15) is 44.5 Å². The molecule has 1 atom stereocenters. The Kier molecular flexibility index (Phi) is 8.10. The van der Waals surface area contributed by atoms with E-state index in [9.17, 15) is 32.0 Å². The summed E-state index contributed by atoms with van der Waals surface area (Å²) in [6.45, 7) is 7.64. The molecule has 37 heavy (non-hydrogen) atoms. The monoisotopic (exact) mass is 539 g/mol. The summed E-state index contributed by atoms with van der Waals surface area (Å²) in [5.41, 5.74) is -1.61. The number of aromatic nitrogens is 2. The molecule has 1 aromatic heterocycles. The van der Waals surface area contributed by atoms with Gasteiger partial charge < -0.3 is 14.9 Å². The van der Waals surface area contributed by atoms with Gasteiger partial charge in [-0.2, -0.15) is 18.4 Å². The molecular weight excluding hydrogens is 507 g/mol. The van der Waals surface area contributed by atoms with Gasteiger partial charge in [0.1, 0.15) is 0 Å². The van der Waals surface area contributed by atoms with Crippen molar-refractivity contribution in [3.63, 3.8) is 0 Å². The molecular formula is C25H32F3N5O3S. The number of piperazine rings is 1. The molecule has 1 saturated heterocycles. The van der Waals surface area contributed by atoms with Crippen LogP contribution in [0.2, 0.25) is 0 Å². The Labute approximate surface area is 215 Å². The number of aliphatic hydroxyl groups excluding tert-OH is 1. The number of aliphatic hydroxyl groups is 1. The van der Waals surface area contributed by atoms with Crippen molar-refractivity contribution in [3.8, 4) is 6.07 Å². The highest BCUT2D eigenvalue weighted by Crippen LogP contribution is 2.37. The highest BCUT2D eigenvalue weighted by atomic mass is 32.2. The molecule has 0 saturated carbocycles. The van der Waals surface area contributed by atoms with Crippen LogP contribution in [-0.4, -0.2) is 62.0 Å². The quantitative estimate of drug-likeness (QED) is 0.569. The maximum Gasteiger partial charge on any atom is 0.433 e. The third-order valence-corrected chi connectivity index (χ3v) is 7.82. The van der Waals surface area contributed by atoms with Gasteiger partial charge in [-0.1, -0.05) is 19.9 Å². The smallest absolute Gasteiger partial charge is 0.396 e. The Morgan fingerprint density at radius 2 is 1.92 bits per heavy atom. The van der Waals surface area contributed by atoms with Gasteiger partial charge in [-0.25, -0.2) is 18.4 Å². The summed E-state index contributed by atoms with van der Waals surface area (Å²) in [5, 5.41) is 18.7. The fourth-order valence-electron chi connectivity index (χ4n) is 4.52. The van der Waals surface area contributed by atoms with Crippen molar-refractivity contribution < 1.29 is 26.7 Å². The highest BCUT2D eigenvalue weighted by Gasteiger charge is 2.42.